The number of carbonyl (C=O) groups excluding carboxylic acids is 1. The standard InChI is InChI=1S/C21H27N3O3S/c1-16-8-4-5-9-19(16)23-21(25)15-22-18-11-10-17(2)20(14-18)28(26,27)24-12-6-3-7-13-24/h4-5,8-11,14,22H,3,6-7,12-13,15H2,1-2H3,(H,23,25). The number of hydrogen-bond acceptors (Lipinski definition) is 4. The number of amides is 1. The Morgan fingerprint density at radius 2 is 1.71 bits per heavy atom. The van der Waals surface area contributed by atoms with Gasteiger partial charge in [0.05, 0.1) is 11.4 Å². The molecule has 0 aliphatic carbocycles. The van der Waals surface area contributed by atoms with Crippen molar-refractivity contribution in [2.24, 2.45) is 0 Å². The SMILES string of the molecule is Cc1ccccc1NC(=O)CNc1ccc(C)c(S(=O)(=O)N2CCCCC2)c1. The molecule has 1 aliphatic rings. The fourth-order valence-electron chi connectivity index (χ4n) is 3.32. The van der Waals surface area contributed by atoms with Gasteiger partial charge in [-0.3, -0.25) is 4.79 Å². The lowest BCUT2D eigenvalue weighted by atomic mass is 10.2. The average molecular weight is 402 g/mol. The van der Waals surface area contributed by atoms with E-state index in [0.717, 1.165) is 30.5 Å². The first-order valence-electron chi connectivity index (χ1n) is 9.58. The van der Waals surface area contributed by atoms with E-state index in [1.54, 1.807) is 29.4 Å². The van der Waals surface area contributed by atoms with Crippen LogP contribution in [0.25, 0.3) is 0 Å². The van der Waals surface area contributed by atoms with Crippen molar-refractivity contribution in [3.8, 4) is 0 Å². The lowest BCUT2D eigenvalue weighted by molar-refractivity contribution is -0.114. The Bertz CT molecular complexity index is 951. The number of aryl methyl sites for hydroxylation is 2. The quantitative estimate of drug-likeness (QED) is 0.776. The van der Waals surface area contributed by atoms with Crippen LogP contribution < -0.4 is 10.6 Å². The maximum atomic E-state index is 13.0. The number of nitrogens with one attached hydrogen (secondary N) is 2. The van der Waals surface area contributed by atoms with Crippen molar-refractivity contribution in [2.75, 3.05) is 30.3 Å². The first kappa shape index (κ1) is 20.4. The van der Waals surface area contributed by atoms with Gasteiger partial charge in [-0.2, -0.15) is 4.31 Å². The second-order valence-corrected chi connectivity index (χ2v) is 9.07. The molecule has 0 aromatic heterocycles. The number of benzene rings is 2. The summed E-state index contributed by atoms with van der Waals surface area (Å²) in [6.07, 6.45) is 2.87. The van der Waals surface area contributed by atoms with Crippen molar-refractivity contribution in [1.29, 1.82) is 0 Å². The summed E-state index contributed by atoms with van der Waals surface area (Å²) in [6, 6.07) is 12.8. The van der Waals surface area contributed by atoms with Crippen LogP contribution in [0.3, 0.4) is 0 Å². The van der Waals surface area contributed by atoms with Gasteiger partial charge < -0.3 is 10.6 Å². The Kier molecular flexibility index (Phi) is 6.36. The number of piperidine rings is 1. The van der Waals surface area contributed by atoms with E-state index < -0.39 is 10.0 Å². The molecule has 1 fully saturated rings. The van der Waals surface area contributed by atoms with Crippen molar-refractivity contribution in [3.05, 3.63) is 53.6 Å². The minimum Gasteiger partial charge on any atom is -0.376 e. The minimum absolute atomic E-state index is 0.0561. The zero-order chi connectivity index (χ0) is 20.1. The highest BCUT2D eigenvalue weighted by Crippen LogP contribution is 2.26. The van der Waals surface area contributed by atoms with Crippen molar-refractivity contribution >= 4 is 27.3 Å². The highest BCUT2D eigenvalue weighted by Gasteiger charge is 2.27. The fraction of sp³-hybridized carbons (Fsp3) is 0.381. The summed E-state index contributed by atoms with van der Waals surface area (Å²) in [5.41, 5.74) is 3.08. The topological polar surface area (TPSA) is 78.5 Å². The van der Waals surface area contributed by atoms with Gasteiger partial charge >= 0.3 is 0 Å². The molecule has 1 saturated heterocycles. The summed E-state index contributed by atoms with van der Waals surface area (Å²) in [7, 11) is -3.52. The Balaban J connectivity index is 1.69. The minimum atomic E-state index is -3.52. The third-order valence-corrected chi connectivity index (χ3v) is 7.03. The fourth-order valence-corrected chi connectivity index (χ4v) is 5.09. The molecule has 6 nitrogen and oxygen atoms in total. The van der Waals surface area contributed by atoms with Gasteiger partial charge in [0.1, 0.15) is 0 Å². The highest BCUT2D eigenvalue weighted by molar-refractivity contribution is 7.89. The monoisotopic (exact) mass is 401 g/mol. The Labute approximate surface area is 167 Å². The molecule has 0 bridgehead atoms. The molecule has 1 amide bonds. The normalized spacial score (nSPS) is 15.2. The third kappa shape index (κ3) is 4.72. The van der Waals surface area contributed by atoms with Crippen LogP contribution in [0.15, 0.2) is 47.4 Å². The van der Waals surface area contributed by atoms with Gasteiger partial charge in [-0.1, -0.05) is 30.7 Å². The van der Waals surface area contributed by atoms with Crippen molar-refractivity contribution in [2.45, 2.75) is 38.0 Å². The van der Waals surface area contributed by atoms with Crippen LogP contribution in [0.5, 0.6) is 0 Å². The van der Waals surface area contributed by atoms with Gasteiger partial charge in [0.25, 0.3) is 0 Å². The van der Waals surface area contributed by atoms with Crippen molar-refractivity contribution < 1.29 is 13.2 Å². The van der Waals surface area contributed by atoms with E-state index in [9.17, 15) is 13.2 Å². The van der Waals surface area contributed by atoms with Crippen LogP contribution in [0.4, 0.5) is 11.4 Å². The van der Waals surface area contributed by atoms with E-state index in [4.69, 9.17) is 0 Å². The second-order valence-electron chi connectivity index (χ2n) is 7.16. The molecule has 2 aromatic carbocycles. The molecule has 1 heterocycles. The Morgan fingerprint density at radius 3 is 2.43 bits per heavy atom. The maximum absolute atomic E-state index is 13.0. The number of hydrogen-bond donors (Lipinski definition) is 2. The first-order valence-corrected chi connectivity index (χ1v) is 11.0. The smallest absolute Gasteiger partial charge is 0.243 e. The molecule has 0 saturated carbocycles. The molecule has 2 aromatic rings. The molecule has 150 valence electrons. The summed E-state index contributed by atoms with van der Waals surface area (Å²) >= 11 is 0. The molecule has 7 heteroatoms. The summed E-state index contributed by atoms with van der Waals surface area (Å²) < 4.78 is 27.6. The third-order valence-electron chi connectivity index (χ3n) is 4.99. The molecule has 0 unspecified atom stereocenters. The van der Waals surface area contributed by atoms with E-state index in [2.05, 4.69) is 10.6 Å². The van der Waals surface area contributed by atoms with Gasteiger partial charge in [-0.15, -0.1) is 0 Å². The maximum Gasteiger partial charge on any atom is 0.243 e. The van der Waals surface area contributed by atoms with Crippen molar-refractivity contribution in [1.82, 2.24) is 4.31 Å². The summed E-state index contributed by atoms with van der Waals surface area (Å²) in [4.78, 5) is 12.5. The molecule has 28 heavy (non-hydrogen) atoms. The second kappa shape index (κ2) is 8.75. The lowest BCUT2D eigenvalue weighted by Gasteiger charge is -2.26. The van der Waals surface area contributed by atoms with E-state index >= 15 is 0 Å². The molecule has 1 aliphatic heterocycles. The number of para-hydroxylation sites is 1. The summed E-state index contributed by atoms with van der Waals surface area (Å²) in [5.74, 6) is -0.185. The average Bonchev–Trinajstić information content (AvgIpc) is 2.69. The number of anilines is 2. The van der Waals surface area contributed by atoms with Gasteiger partial charge in [0.15, 0.2) is 0 Å². The molecular formula is C21H27N3O3S. The van der Waals surface area contributed by atoms with Crippen LogP contribution in [0, 0.1) is 13.8 Å². The predicted octanol–water partition coefficient (Wildman–Crippen LogP) is 3.53. The van der Waals surface area contributed by atoms with Gasteiger partial charge in [-0.25, -0.2) is 8.42 Å². The lowest BCUT2D eigenvalue weighted by Crippen LogP contribution is -2.36. The highest BCUT2D eigenvalue weighted by atomic mass is 32.2. The zero-order valence-corrected chi connectivity index (χ0v) is 17.2. The molecule has 2 N–H and O–H groups in total. The number of sulfonamides is 1. The van der Waals surface area contributed by atoms with E-state index in [1.165, 1.54) is 0 Å². The van der Waals surface area contributed by atoms with Gasteiger partial charge in [0, 0.05) is 24.5 Å². The Morgan fingerprint density at radius 1 is 1.00 bits per heavy atom. The van der Waals surface area contributed by atoms with Crippen LogP contribution in [-0.4, -0.2) is 38.3 Å². The zero-order valence-electron chi connectivity index (χ0n) is 16.4. The summed E-state index contributed by atoms with van der Waals surface area (Å²) in [5, 5.41) is 5.89. The number of rotatable bonds is 6. The predicted molar refractivity (Wildman–Crippen MR) is 112 cm³/mol. The molecule has 0 spiro atoms. The largest absolute Gasteiger partial charge is 0.376 e. The van der Waals surface area contributed by atoms with E-state index in [1.807, 2.05) is 31.2 Å². The van der Waals surface area contributed by atoms with Crippen LogP contribution in [0.1, 0.15) is 30.4 Å². The molecule has 0 radical (unpaired) electrons. The van der Waals surface area contributed by atoms with Gasteiger partial charge in [0.2, 0.25) is 15.9 Å². The number of nitrogens with zero attached hydrogens (tertiary/aromatic N) is 1. The van der Waals surface area contributed by atoms with E-state index in [-0.39, 0.29) is 12.5 Å². The molecule has 3 rings (SSSR count). The Hall–Kier alpha value is -2.38. The van der Waals surface area contributed by atoms with Gasteiger partial charge in [-0.05, 0) is 56.0 Å². The van der Waals surface area contributed by atoms with Crippen LogP contribution in [0.2, 0.25) is 0 Å². The molecular weight excluding hydrogens is 374 g/mol. The first-order chi connectivity index (χ1) is 13.4. The summed E-state index contributed by atoms with van der Waals surface area (Å²) in [6.45, 7) is 4.92. The molecule has 0 atom stereocenters. The van der Waals surface area contributed by atoms with Crippen molar-refractivity contribution in [3.63, 3.8) is 0 Å². The van der Waals surface area contributed by atoms with E-state index in [0.29, 0.717) is 29.2 Å². The van der Waals surface area contributed by atoms with Crippen LogP contribution >= 0.6 is 0 Å². The van der Waals surface area contributed by atoms with Crippen LogP contribution in [-0.2, 0) is 14.8 Å². The number of carbonyl (C=O) groups is 1.